The fraction of sp³-hybridized carbons (Fsp3) is 0.160. The lowest BCUT2D eigenvalue weighted by molar-refractivity contribution is -0.116. The Morgan fingerprint density at radius 2 is 1.38 bits per heavy atom. The SMILES string of the molecule is CCCC(=O)Nc1ccc(CNC(=O)c2ccc(Oc3ccc(C(N)=O)cc3)cc2)cc1. The summed E-state index contributed by atoms with van der Waals surface area (Å²) in [6.45, 7) is 2.32. The molecule has 0 radical (unpaired) electrons. The van der Waals surface area contributed by atoms with E-state index in [0.717, 1.165) is 17.7 Å². The van der Waals surface area contributed by atoms with Crippen LogP contribution in [0.2, 0.25) is 0 Å². The van der Waals surface area contributed by atoms with Gasteiger partial charge in [0.05, 0.1) is 0 Å². The van der Waals surface area contributed by atoms with E-state index in [1.807, 2.05) is 31.2 Å². The van der Waals surface area contributed by atoms with Gasteiger partial charge in [0.1, 0.15) is 11.5 Å². The number of anilines is 1. The van der Waals surface area contributed by atoms with Gasteiger partial charge in [0, 0.05) is 29.8 Å². The van der Waals surface area contributed by atoms with E-state index in [0.29, 0.717) is 35.6 Å². The Hall–Kier alpha value is -4.13. The minimum Gasteiger partial charge on any atom is -0.457 e. The van der Waals surface area contributed by atoms with Gasteiger partial charge in [-0.25, -0.2) is 0 Å². The van der Waals surface area contributed by atoms with Crippen molar-refractivity contribution in [1.29, 1.82) is 0 Å². The summed E-state index contributed by atoms with van der Waals surface area (Å²) in [5.74, 6) is 0.406. The number of rotatable bonds is 9. The van der Waals surface area contributed by atoms with Crippen LogP contribution in [-0.4, -0.2) is 17.7 Å². The summed E-state index contributed by atoms with van der Waals surface area (Å²) in [4.78, 5) is 35.2. The molecular formula is C25H25N3O4. The van der Waals surface area contributed by atoms with Crippen molar-refractivity contribution in [3.05, 3.63) is 89.5 Å². The molecule has 7 heteroatoms. The number of nitrogens with two attached hydrogens (primary N) is 1. The molecule has 0 spiro atoms. The average Bonchev–Trinajstić information content (AvgIpc) is 2.79. The molecule has 0 saturated carbocycles. The van der Waals surface area contributed by atoms with Gasteiger partial charge >= 0.3 is 0 Å². The monoisotopic (exact) mass is 431 g/mol. The molecule has 32 heavy (non-hydrogen) atoms. The minimum atomic E-state index is -0.499. The summed E-state index contributed by atoms with van der Waals surface area (Å²) in [6, 6.07) is 20.6. The van der Waals surface area contributed by atoms with Crippen molar-refractivity contribution in [2.45, 2.75) is 26.3 Å². The standard InChI is InChI=1S/C25H25N3O4/c1-2-3-23(29)28-20-10-4-17(5-11-20)16-27-25(31)19-8-14-22(15-9-19)32-21-12-6-18(7-13-21)24(26)30/h4-15H,2-3,16H2,1H3,(H2,26,30)(H,27,31)(H,28,29). The molecule has 7 nitrogen and oxygen atoms in total. The zero-order chi connectivity index (χ0) is 22.9. The number of hydrogen-bond acceptors (Lipinski definition) is 4. The average molecular weight is 431 g/mol. The van der Waals surface area contributed by atoms with Crippen LogP contribution in [0.4, 0.5) is 5.69 Å². The van der Waals surface area contributed by atoms with Gasteiger partial charge in [-0.15, -0.1) is 0 Å². The van der Waals surface area contributed by atoms with E-state index in [1.165, 1.54) is 0 Å². The molecule has 3 aromatic rings. The fourth-order valence-corrected chi connectivity index (χ4v) is 2.94. The first-order valence-electron chi connectivity index (χ1n) is 10.3. The molecule has 0 atom stereocenters. The number of amides is 3. The summed E-state index contributed by atoms with van der Waals surface area (Å²) in [5.41, 5.74) is 7.79. The van der Waals surface area contributed by atoms with Crippen molar-refractivity contribution in [2.75, 3.05) is 5.32 Å². The van der Waals surface area contributed by atoms with Crippen molar-refractivity contribution >= 4 is 23.4 Å². The maximum absolute atomic E-state index is 12.4. The van der Waals surface area contributed by atoms with Gasteiger partial charge in [-0.05, 0) is 72.6 Å². The van der Waals surface area contributed by atoms with Crippen LogP contribution >= 0.6 is 0 Å². The molecule has 4 N–H and O–H groups in total. The van der Waals surface area contributed by atoms with Crippen LogP contribution in [-0.2, 0) is 11.3 Å². The smallest absolute Gasteiger partial charge is 0.251 e. The number of carbonyl (C=O) groups excluding carboxylic acids is 3. The Morgan fingerprint density at radius 3 is 1.91 bits per heavy atom. The third-order valence-corrected chi connectivity index (χ3v) is 4.66. The fourth-order valence-electron chi connectivity index (χ4n) is 2.94. The first-order chi connectivity index (χ1) is 15.4. The highest BCUT2D eigenvalue weighted by Crippen LogP contribution is 2.22. The van der Waals surface area contributed by atoms with E-state index in [9.17, 15) is 14.4 Å². The molecular weight excluding hydrogens is 406 g/mol. The van der Waals surface area contributed by atoms with Gasteiger partial charge in [-0.3, -0.25) is 14.4 Å². The number of benzene rings is 3. The van der Waals surface area contributed by atoms with Crippen LogP contribution in [0.25, 0.3) is 0 Å². The minimum absolute atomic E-state index is 0.0105. The molecule has 0 saturated heterocycles. The van der Waals surface area contributed by atoms with Crippen molar-refractivity contribution in [2.24, 2.45) is 5.73 Å². The lowest BCUT2D eigenvalue weighted by Crippen LogP contribution is -2.22. The molecule has 3 aromatic carbocycles. The van der Waals surface area contributed by atoms with E-state index >= 15 is 0 Å². The maximum Gasteiger partial charge on any atom is 0.251 e. The van der Waals surface area contributed by atoms with Gasteiger partial charge in [-0.1, -0.05) is 19.1 Å². The highest BCUT2D eigenvalue weighted by atomic mass is 16.5. The van der Waals surface area contributed by atoms with Gasteiger partial charge in [0.25, 0.3) is 5.91 Å². The quantitative estimate of drug-likeness (QED) is 0.470. The Kier molecular flexibility index (Phi) is 7.59. The number of carbonyl (C=O) groups is 3. The molecule has 3 amide bonds. The summed E-state index contributed by atoms with van der Waals surface area (Å²) >= 11 is 0. The summed E-state index contributed by atoms with van der Waals surface area (Å²) in [5, 5.41) is 5.70. The first-order valence-corrected chi connectivity index (χ1v) is 10.3. The number of primary amides is 1. The summed E-state index contributed by atoms with van der Waals surface area (Å²) in [6.07, 6.45) is 1.29. The van der Waals surface area contributed by atoms with Gasteiger partial charge < -0.3 is 21.1 Å². The predicted octanol–water partition coefficient (Wildman–Crippen LogP) is 4.25. The zero-order valence-electron chi connectivity index (χ0n) is 17.8. The van der Waals surface area contributed by atoms with Crippen LogP contribution in [0, 0.1) is 0 Å². The number of hydrogen-bond donors (Lipinski definition) is 3. The second-order valence-electron chi connectivity index (χ2n) is 7.19. The topological polar surface area (TPSA) is 111 Å². The van der Waals surface area contributed by atoms with Crippen molar-refractivity contribution in [3.8, 4) is 11.5 Å². The Labute approximate surface area is 186 Å². The van der Waals surface area contributed by atoms with Gasteiger partial charge in [-0.2, -0.15) is 0 Å². The Balaban J connectivity index is 1.51. The van der Waals surface area contributed by atoms with Crippen LogP contribution < -0.4 is 21.1 Å². The van der Waals surface area contributed by atoms with E-state index in [2.05, 4.69) is 10.6 Å². The lowest BCUT2D eigenvalue weighted by atomic mass is 10.1. The second-order valence-corrected chi connectivity index (χ2v) is 7.19. The maximum atomic E-state index is 12.4. The molecule has 0 aliphatic carbocycles. The lowest BCUT2D eigenvalue weighted by Gasteiger charge is -2.09. The molecule has 0 aliphatic rings. The van der Waals surface area contributed by atoms with Crippen LogP contribution in [0.3, 0.4) is 0 Å². The summed E-state index contributed by atoms with van der Waals surface area (Å²) < 4.78 is 5.72. The third-order valence-electron chi connectivity index (χ3n) is 4.66. The van der Waals surface area contributed by atoms with Crippen LogP contribution in [0.1, 0.15) is 46.0 Å². The molecule has 0 heterocycles. The number of ether oxygens (including phenoxy) is 1. The molecule has 0 aromatic heterocycles. The van der Waals surface area contributed by atoms with Crippen molar-refractivity contribution in [3.63, 3.8) is 0 Å². The normalized spacial score (nSPS) is 10.3. The zero-order valence-corrected chi connectivity index (χ0v) is 17.8. The molecule has 0 bridgehead atoms. The van der Waals surface area contributed by atoms with Gasteiger partial charge in [0.15, 0.2) is 0 Å². The first kappa shape index (κ1) is 22.6. The Morgan fingerprint density at radius 1 is 0.812 bits per heavy atom. The molecule has 0 aliphatic heterocycles. The predicted molar refractivity (Wildman–Crippen MR) is 123 cm³/mol. The summed E-state index contributed by atoms with van der Waals surface area (Å²) in [7, 11) is 0. The van der Waals surface area contributed by atoms with Crippen molar-refractivity contribution < 1.29 is 19.1 Å². The third kappa shape index (κ3) is 6.43. The van der Waals surface area contributed by atoms with E-state index < -0.39 is 5.91 Å². The molecule has 0 fully saturated rings. The van der Waals surface area contributed by atoms with E-state index in [4.69, 9.17) is 10.5 Å². The number of nitrogens with one attached hydrogen (secondary N) is 2. The van der Waals surface area contributed by atoms with E-state index in [-0.39, 0.29) is 11.8 Å². The van der Waals surface area contributed by atoms with Crippen LogP contribution in [0.15, 0.2) is 72.8 Å². The second kappa shape index (κ2) is 10.8. The highest BCUT2D eigenvalue weighted by Gasteiger charge is 2.07. The molecule has 0 unspecified atom stereocenters. The molecule has 3 rings (SSSR count). The molecule has 164 valence electrons. The van der Waals surface area contributed by atoms with Gasteiger partial charge in [0.2, 0.25) is 11.8 Å². The Bertz CT molecular complexity index is 1080. The largest absolute Gasteiger partial charge is 0.457 e. The van der Waals surface area contributed by atoms with E-state index in [1.54, 1.807) is 48.5 Å². The highest BCUT2D eigenvalue weighted by molar-refractivity contribution is 5.94. The van der Waals surface area contributed by atoms with Crippen molar-refractivity contribution in [1.82, 2.24) is 5.32 Å². The van der Waals surface area contributed by atoms with Crippen LogP contribution in [0.5, 0.6) is 11.5 Å².